The van der Waals surface area contributed by atoms with Crippen molar-refractivity contribution in [3.63, 3.8) is 0 Å². The monoisotopic (exact) mass is 260 g/mol. The van der Waals surface area contributed by atoms with Crippen LogP contribution in [0.1, 0.15) is 27.7 Å². The molecule has 6 nitrogen and oxygen atoms in total. The van der Waals surface area contributed by atoms with E-state index in [0.29, 0.717) is 6.54 Å². The second-order valence-electron chi connectivity index (χ2n) is 5.22. The third-order valence-electron chi connectivity index (χ3n) is 2.83. The van der Waals surface area contributed by atoms with Gasteiger partial charge in [-0.2, -0.15) is 0 Å². The topological polar surface area (TPSA) is 87.7 Å². The number of carbonyl (C=O) groups is 2. The zero-order chi connectivity index (χ0) is 14.3. The molecule has 1 atom stereocenters. The van der Waals surface area contributed by atoms with Gasteiger partial charge >= 0.3 is 12.0 Å². The fourth-order valence-corrected chi connectivity index (χ4v) is 1.24. The Kier molecular flexibility index (Phi) is 6.68. The van der Waals surface area contributed by atoms with E-state index in [9.17, 15) is 9.59 Å². The van der Waals surface area contributed by atoms with E-state index < -0.39 is 17.5 Å². The van der Waals surface area contributed by atoms with Crippen LogP contribution >= 0.6 is 0 Å². The molecule has 0 aliphatic rings. The van der Waals surface area contributed by atoms with Gasteiger partial charge in [-0.3, -0.25) is 4.79 Å². The first-order chi connectivity index (χ1) is 8.19. The molecule has 0 aromatic heterocycles. The molecule has 0 aromatic carbocycles. The van der Waals surface area contributed by atoms with Gasteiger partial charge in [0, 0.05) is 20.2 Å². The summed E-state index contributed by atoms with van der Waals surface area (Å²) in [5.74, 6) is -1.51. The quantitative estimate of drug-likeness (QED) is 0.639. The van der Waals surface area contributed by atoms with Gasteiger partial charge in [0.05, 0.1) is 11.5 Å². The summed E-state index contributed by atoms with van der Waals surface area (Å²) in [6.45, 7) is 7.79. The van der Waals surface area contributed by atoms with Crippen LogP contribution in [0.4, 0.5) is 4.79 Å². The van der Waals surface area contributed by atoms with Crippen molar-refractivity contribution in [2.45, 2.75) is 33.3 Å². The molecule has 0 fully saturated rings. The Labute approximate surface area is 108 Å². The number of carboxylic acids is 1. The molecular weight excluding hydrogens is 236 g/mol. The predicted octanol–water partition coefficient (Wildman–Crippen LogP) is 1.07. The highest BCUT2D eigenvalue weighted by atomic mass is 16.5. The molecule has 0 heterocycles. The first-order valence-corrected chi connectivity index (χ1v) is 5.99. The largest absolute Gasteiger partial charge is 0.481 e. The van der Waals surface area contributed by atoms with Crippen molar-refractivity contribution >= 4 is 12.0 Å². The summed E-state index contributed by atoms with van der Waals surface area (Å²) in [5.41, 5.74) is -0.443. The zero-order valence-corrected chi connectivity index (χ0v) is 11.7. The minimum Gasteiger partial charge on any atom is -0.481 e. The average molecular weight is 260 g/mol. The van der Waals surface area contributed by atoms with E-state index in [1.165, 1.54) is 0 Å². The number of amides is 2. The summed E-state index contributed by atoms with van der Waals surface area (Å²) < 4.78 is 5.15. The predicted molar refractivity (Wildman–Crippen MR) is 68.5 cm³/mol. The van der Waals surface area contributed by atoms with Gasteiger partial charge in [-0.25, -0.2) is 4.79 Å². The Bertz CT molecular complexity index is 290. The van der Waals surface area contributed by atoms with Crippen molar-refractivity contribution in [2.75, 3.05) is 20.2 Å². The Balaban J connectivity index is 4.07. The van der Waals surface area contributed by atoms with Crippen molar-refractivity contribution < 1.29 is 19.4 Å². The molecule has 6 heteroatoms. The lowest BCUT2D eigenvalue weighted by Crippen LogP contribution is -2.46. The summed E-state index contributed by atoms with van der Waals surface area (Å²) in [6.07, 6.45) is 0. The van der Waals surface area contributed by atoms with Gasteiger partial charge in [-0.05, 0) is 19.8 Å². The standard InChI is InChI=1S/C12H24N2O4/c1-8(2)9(10(15)16)6-13-11(17)14-7-12(3,4)18-5/h8-9H,6-7H2,1-5H3,(H,15,16)(H2,13,14,17). The smallest absolute Gasteiger partial charge is 0.314 e. The number of aliphatic carboxylic acids is 1. The first kappa shape index (κ1) is 16.7. The molecule has 0 spiro atoms. The van der Waals surface area contributed by atoms with Crippen molar-refractivity contribution in [1.82, 2.24) is 10.6 Å². The third kappa shape index (κ3) is 6.44. The minimum atomic E-state index is -0.900. The summed E-state index contributed by atoms with van der Waals surface area (Å²) >= 11 is 0. The molecule has 0 rings (SSSR count). The second kappa shape index (κ2) is 7.20. The van der Waals surface area contributed by atoms with Crippen LogP contribution < -0.4 is 10.6 Å². The van der Waals surface area contributed by atoms with Gasteiger partial charge in [0.2, 0.25) is 0 Å². The van der Waals surface area contributed by atoms with E-state index in [-0.39, 0.29) is 18.5 Å². The molecule has 2 amide bonds. The summed E-state index contributed by atoms with van der Waals surface area (Å²) in [7, 11) is 1.57. The van der Waals surface area contributed by atoms with Crippen LogP contribution in [0.2, 0.25) is 0 Å². The van der Waals surface area contributed by atoms with Crippen LogP contribution in [0.5, 0.6) is 0 Å². The Hall–Kier alpha value is -1.30. The number of ether oxygens (including phenoxy) is 1. The molecule has 0 aromatic rings. The number of carboxylic acid groups (broad SMARTS) is 1. The average Bonchev–Trinajstić information content (AvgIpc) is 2.26. The van der Waals surface area contributed by atoms with E-state index >= 15 is 0 Å². The van der Waals surface area contributed by atoms with E-state index in [0.717, 1.165) is 0 Å². The van der Waals surface area contributed by atoms with Crippen molar-refractivity contribution in [2.24, 2.45) is 11.8 Å². The number of hydrogen-bond acceptors (Lipinski definition) is 3. The SMILES string of the molecule is COC(C)(C)CNC(=O)NCC(C(=O)O)C(C)C. The van der Waals surface area contributed by atoms with Gasteiger partial charge in [0.15, 0.2) is 0 Å². The molecule has 18 heavy (non-hydrogen) atoms. The van der Waals surface area contributed by atoms with Crippen molar-refractivity contribution in [1.29, 1.82) is 0 Å². The maximum Gasteiger partial charge on any atom is 0.314 e. The van der Waals surface area contributed by atoms with Gasteiger partial charge in [0.1, 0.15) is 0 Å². The van der Waals surface area contributed by atoms with Gasteiger partial charge in [0.25, 0.3) is 0 Å². The van der Waals surface area contributed by atoms with E-state index in [2.05, 4.69) is 10.6 Å². The highest BCUT2D eigenvalue weighted by molar-refractivity contribution is 5.76. The van der Waals surface area contributed by atoms with Gasteiger partial charge in [-0.15, -0.1) is 0 Å². The second-order valence-corrected chi connectivity index (χ2v) is 5.22. The molecule has 0 saturated carbocycles. The van der Waals surface area contributed by atoms with Crippen molar-refractivity contribution in [3.05, 3.63) is 0 Å². The number of methoxy groups -OCH3 is 1. The molecule has 106 valence electrons. The van der Waals surface area contributed by atoms with Crippen LogP contribution in [0.25, 0.3) is 0 Å². The minimum absolute atomic E-state index is 0.0294. The molecule has 0 aliphatic carbocycles. The van der Waals surface area contributed by atoms with Crippen molar-refractivity contribution in [3.8, 4) is 0 Å². The first-order valence-electron chi connectivity index (χ1n) is 5.99. The fourth-order valence-electron chi connectivity index (χ4n) is 1.24. The molecule has 0 saturated heterocycles. The maximum atomic E-state index is 11.5. The normalized spacial score (nSPS) is 13.2. The van der Waals surface area contributed by atoms with Crippen LogP contribution in [0.3, 0.4) is 0 Å². The molecule has 0 aliphatic heterocycles. The summed E-state index contributed by atoms with van der Waals surface area (Å²) in [5, 5.41) is 14.2. The lowest BCUT2D eigenvalue weighted by molar-refractivity contribution is -0.142. The molecular formula is C12H24N2O4. The molecule has 3 N–H and O–H groups in total. The lowest BCUT2D eigenvalue weighted by atomic mass is 9.96. The maximum absolute atomic E-state index is 11.5. The van der Waals surface area contributed by atoms with E-state index in [1.54, 1.807) is 7.11 Å². The highest BCUT2D eigenvalue weighted by Crippen LogP contribution is 2.09. The van der Waals surface area contributed by atoms with Crippen LogP contribution in [0, 0.1) is 11.8 Å². The zero-order valence-electron chi connectivity index (χ0n) is 11.7. The van der Waals surface area contributed by atoms with Gasteiger partial charge in [-0.1, -0.05) is 13.8 Å². The number of nitrogens with one attached hydrogen (secondary N) is 2. The van der Waals surface area contributed by atoms with E-state index in [4.69, 9.17) is 9.84 Å². The third-order valence-corrected chi connectivity index (χ3v) is 2.83. The van der Waals surface area contributed by atoms with Crippen LogP contribution in [0.15, 0.2) is 0 Å². The highest BCUT2D eigenvalue weighted by Gasteiger charge is 2.22. The number of carbonyl (C=O) groups excluding carboxylic acids is 1. The Morgan fingerprint density at radius 2 is 1.83 bits per heavy atom. The van der Waals surface area contributed by atoms with E-state index in [1.807, 2.05) is 27.7 Å². The number of rotatable bonds is 7. The molecule has 0 radical (unpaired) electrons. The van der Waals surface area contributed by atoms with Gasteiger partial charge < -0.3 is 20.5 Å². The number of urea groups is 1. The summed E-state index contributed by atoms with van der Waals surface area (Å²) in [4.78, 5) is 22.4. The molecule has 0 bridgehead atoms. The van der Waals surface area contributed by atoms with Crippen LogP contribution in [-0.2, 0) is 9.53 Å². The number of hydrogen-bond donors (Lipinski definition) is 3. The lowest BCUT2D eigenvalue weighted by Gasteiger charge is -2.23. The molecule has 1 unspecified atom stereocenters. The summed E-state index contributed by atoms with van der Waals surface area (Å²) in [6, 6.07) is -0.382. The Morgan fingerprint density at radius 3 is 2.22 bits per heavy atom. The van der Waals surface area contributed by atoms with Crippen LogP contribution in [-0.4, -0.2) is 42.9 Å². The fraction of sp³-hybridized carbons (Fsp3) is 0.833. The Morgan fingerprint density at radius 1 is 1.28 bits per heavy atom.